The van der Waals surface area contributed by atoms with Gasteiger partial charge in [0, 0.05) is 12.8 Å². The number of nitrogens with one attached hydrogen (secondary N) is 1. The zero-order chi connectivity index (χ0) is 11.5. The van der Waals surface area contributed by atoms with E-state index in [-0.39, 0.29) is 12.2 Å². The van der Waals surface area contributed by atoms with Gasteiger partial charge in [0.25, 0.3) is 0 Å². The number of hydrogen-bond acceptors (Lipinski definition) is 3. The molecule has 1 aliphatic carbocycles. The zero-order valence-electron chi connectivity index (χ0n) is 10.3. The van der Waals surface area contributed by atoms with E-state index in [0.717, 1.165) is 13.0 Å². The molecule has 0 amide bonds. The van der Waals surface area contributed by atoms with Crippen molar-refractivity contribution in [2.24, 2.45) is 11.3 Å². The predicted octanol–water partition coefficient (Wildman–Crippen LogP) is 2.31. The van der Waals surface area contributed by atoms with Crippen LogP contribution in [-0.2, 0) is 9.53 Å². The maximum Gasteiger partial charge on any atom is 0.304 e. The van der Waals surface area contributed by atoms with E-state index in [2.05, 4.69) is 26.1 Å². The van der Waals surface area contributed by atoms with E-state index in [4.69, 9.17) is 4.74 Å². The Labute approximate surface area is 92.6 Å². The predicted molar refractivity (Wildman–Crippen MR) is 60.4 cm³/mol. The van der Waals surface area contributed by atoms with Crippen molar-refractivity contribution in [3.05, 3.63) is 0 Å². The maximum absolute atomic E-state index is 10.9. The summed E-state index contributed by atoms with van der Waals surface area (Å²) in [6, 6.07) is 0. The Morgan fingerprint density at radius 3 is 2.47 bits per heavy atom. The summed E-state index contributed by atoms with van der Waals surface area (Å²) < 4.78 is 5.24. The van der Waals surface area contributed by atoms with Gasteiger partial charge in [-0.3, -0.25) is 10.1 Å². The van der Waals surface area contributed by atoms with Crippen LogP contribution >= 0.6 is 0 Å². The highest BCUT2D eigenvalue weighted by Gasteiger charge is 2.33. The fourth-order valence-corrected chi connectivity index (χ4v) is 1.47. The summed E-state index contributed by atoms with van der Waals surface area (Å²) >= 11 is 0. The molecule has 1 N–H and O–H groups in total. The summed E-state index contributed by atoms with van der Waals surface area (Å²) in [6.45, 7) is 9.03. The highest BCUT2D eigenvalue weighted by molar-refractivity contribution is 5.66. The summed E-state index contributed by atoms with van der Waals surface area (Å²) in [4.78, 5) is 10.9. The first kappa shape index (κ1) is 12.5. The van der Waals surface area contributed by atoms with Gasteiger partial charge in [-0.25, -0.2) is 0 Å². The molecule has 1 aliphatic rings. The molecule has 0 radical (unpaired) electrons. The molecule has 3 heteroatoms. The van der Waals surface area contributed by atoms with Gasteiger partial charge in [0.1, 0.15) is 0 Å². The minimum absolute atomic E-state index is 0.0511. The first-order valence-corrected chi connectivity index (χ1v) is 5.79. The molecule has 3 nitrogen and oxygen atoms in total. The van der Waals surface area contributed by atoms with E-state index in [1.807, 2.05) is 0 Å². The van der Waals surface area contributed by atoms with Crippen LogP contribution in [0.1, 0.15) is 47.0 Å². The van der Waals surface area contributed by atoms with Crippen LogP contribution < -0.4 is 5.32 Å². The Kier molecular flexibility index (Phi) is 4.14. The first-order valence-electron chi connectivity index (χ1n) is 5.79. The quantitative estimate of drug-likeness (QED) is 0.562. The molecule has 0 bridgehead atoms. The lowest BCUT2D eigenvalue weighted by Crippen LogP contribution is -2.37. The Hall–Kier alpha value is -0.570. The van der Waals surface area contributed by atoms with E-state index in [1.54, 1.807) is 0 Å². The van der Waals surface area contributed by atoms with Crippen molar-refractivity contribution in [3.63, 3.8) is 0 Å². The van der Waals surface area contributed by atoms with Gasteiger partial charge < -0.3 is 4.74 Å². The fraction of sp³-hybridized carbons (Fsp3) is 0.917. The van der Waals surface area contributed by atoms with Gasteiger partial charge in [-0.2, -0.15) is 0 Å². The number of hydrogen-bond donors (Lipinski definition) is 1. The second kappa shape index (κ2) is 4.97. The summed E-state index contributed by atoms with van der Waals surface area (Å²) in [7, 11) is 0. The minimum atomic E-state index is -0.185. The molecule has 0 heterocycles. The Bertz CT molecular complexity index is 216. The fourth-order valence-electron chi connectivity index (χ4n) is 1.47. The first-order chi connectivity index (χ1) is 6.88. The summed E-state index contributed by atoms with van der Waals surface area (Å²) in [5, 5.41) is 3.33. The lowest BCUT2D eigenvalue weighted by molar-refractivity contribution is -0.149. The number of esters is 1. The van der Waals surface area contributed by atoms with Crippen molar-refractivity contribution in [2.45, 2.75) is 53.2 Å². The molecule has 0 saturated heterocycles. The largest absolute Gasteiger partial charge is 0.446 e. The summed E-state index contributed by atoms with van der Waals surface area (Å²) in [5.41, 5.74) is 0.331. The highest BCUT2D eigenvalue weighted by atomic mass is 16.6. The Morgan fingerprint density at radius 1 is 1.47 bits per heavy atom. The van der Waals surface area contributed by atoms with Crippen molar-refractivity contribution in [1.82, 2.24) is 5.32 Å². The van der Waals surface area contributed by atoms with Crippen LogP contribution in [0, 0.1) is 11.3 Å². The lowest BCUT2D eigenvalue weighted by Gasteiger charge is -2.22. The van der Waals surface area contributed by atoms with Gasteiger partial charge in [0.05, 0.1) is 0 Å². The second-order valence-corrected chi connectivity index (χ2v) is 5.63. The van der Waals surface area contributed by atoms with E-state index >= 15 is 0 Å². The SMILES string of the molecule is CC(=O)O[C@H](NCCC(C)(C)C)C1CC1. The van der Waals surface area contributed by atoms with Gasteiger partial charge in [0.15, 0.2) is 6.23 Å². The van der Waals surface area contributed by atoms with E-state index < -0.39 is 0 Å². The topological polar surface area (TPSA) is 38.3 Å². The van der Waals surface area contributed by atoms with Crippen LogP contribution in [0.5, 0.6) is 0 Å². The van der Waals surface area contributed by atoms with Gasteiger partial charge in [-0.15, -0.1) is 0 Å². The van der Waals surface area contributed by atoms with Crippen molar-refractivity contribution >= 4 is 5.97 Å². The monoisotopic (exact) mass is 213 g/mol. The van der Waals surface area contributed by atoms with Gasteiger partial charge in [0.2, 0.25) is 0 Å². The third kappa shape index (κ3) is 5.78. The molecule has 1 rings (SSSR count). The lowest BCUT2D eigenvalue weighted by atomic mass is 9.92. The molecular formula is C12H23NO2. The van der Waals surface area contributed by atoms with Crippen LogP contribution in [0.4, 0.5) is 0 Å². The average molecular weight is 213 g/mol. The molecule has 1 atom stereocenters. The van der Waals surface area contributed by atoms with Crippen LogP contribution in [0.15, 0.2) is 0 Å². The molecule has 88 valence electrons. The molecule has 0 unspecified atom stereocenters. The number of carbonyl (C=O) groups is 1. The zero-order valence-corrected chi connectivity index (χ0v) is 10.3. The van der Waals surface area contributed by atoms with Crippen LogP contribution in [0.3, 0.4) is 0 Å². The van der Waals surface area contributed by atoms with E-state index in [1.165, 1.54) is 19.8 Å². The van der Waals surface area contributed by atoms with Crippen molar-refractivity contribution < 1.29 is 9.53 Å². The average Bonchev–Trinajstić information content (AvgIpc) is 2.81. The van der Waals surface area contributed by atoms with Crippen LogP contribution in [0.25, 0.3) is 0 Å². The third-order valence-corrected chi connectivity index (χ3v) is 2.56. The van der Waals surface area contributed by atoms with Gasteiger partial charge in [-0.1, -0.05) is 20.8 Å². The third-order valence-electron chi connectivity index (χ3n) is 2.56. The second-order valence-electron chi connectivity index (χ2n) is 5.63. The summed E-state index contributed by atoms with van der Waals surface area (Å²) in [5.74, 6) is 0.365. The number of rotatable bonds is 5. The van der Waals surface area contributed by atoms with Crippen molar-refractivity contribution in [3.8, 4) is 0 Å². The molecule has 0 aromatic heterocycles. The normalized spacial score (nSPS) is 18.7. The molecule has 0 aromatic carbocycles. The van der Waals surface area contributed by atoms with Crippen molar-refractivity contribution in [2.75, 3.05) is 6.54 Å². The molecule has 0 spiro atoms. The molecule has 1 saturated carbocycles. The highest BCUT2D eigenvalue weighted by Crippen LogP contribution is 2.33. The Balaban J connectivity index is 2.23. The molecule has 0 aromatic rings. The smallest absolute Gasteiger partial charge is 0.304 e. The Morgan fingerprint density at radius 2 is 2.07 bits per heavy atom. The summed E-state index contributed by atoms with van der Waals surface area (Å²) in [6.07, 6.45) is 3.41. The standard InChI is InChI=1S/C12H23NO2/c1-9(14)15-11(10-5-6-10)13-8-7-12(2,3)4/h10-11,13H,5-8H2,1-4H3/t11-/m0/s1. The van der Waals surface area contributed by atoms with Crippen molar-refractivity contribution in [1.29, 1.82) is 0 Å². The molecular weight excluding hydrogens is 190 g/mol. The van der Waals surface area contributed by atoms with Crippen LogP contribution in [-0.4, -0.2) is 18.7 Å². The number of ether oxygens (including phenoxy) is 1. The maximum atomic E-state index is 10.9. The van der Waals surface area contributed by atoms with Gasteiger partial charge in [-0.05, 0) is 31.2 Å². The van der Waals surface area contributed by atoms with E-state index in [0.29, 0.717) is 11.3 Å². The van der Waals surface area contributed by atoms with Crippen LogP contribution in [0.2, 0.25) is 0 Å². The molecule has 15 heavy (non-hydrogen) atoms. The number of carbonyl (C=O) groups excluding carboxylic acids is 1. The van der Waals surface area contributed by atoms with E-state index in [9.17, 15) is 4.79 Å². The molecule has 0 aliphatic heterocycles. The minimum Gasteiger partial charge on any atom is -0.446 e. The van der Waals surface area contributed by atoms with Gasteiger partial charge >= 0.3 is 5.97 Å². The molecule has 1 fully saturated rings.